The largest absolute Gasteiger partial charge is 0.450 e. The number of hydrogen-bond acceptors (Lipinski definition) is 5. The summed E-state index contributed by atoms with van der Waals surface area (Å²) in [5.74, 6) is 1.47. The molecule has 6 heteroatoms. The number of rotatable bonds is 5. The fourth-order valence-corrected chi connectivity index (χ4v) is 3.69. The van der Waals surface area contributed by atoms with Crippen LogP contribution in [-0.4, -0.2) is 49.4 Å². The molecule has 28 heavy (non-hydrogen) atoms. The van der Waals surface area contributed by atoms with Gasteiger partial charge in [0, 0.05) is 10.9 Å². The molecule has 4 aromatic rings. The van der Waals surface area contributed by atoms with Gasteiger partial charge in [-0.15, -0.1) is 0 Å². The number of aromatic nitrogens is 2. The lowest BCUT2D eigenvalue weighted by atomic mass is 10.2. The summed E-state index contributed by atoms with van der Waals surface area (Å²) in [4.78, 5) is 11.2. The number of morpholine rings is 1. The molecule has 2 aromatic heterocycles. The third-order valence-corrected chi connectivity index (χ3v) is 5.22. The number of para-hydroxylation sites is 1. The van der Waals surface area contributed by atoms with Crippen LogP contribution in [0.5, 0.6) is 0 Å². The average molecular weight is 375 g/mol. The van der Waals surface area contributed by atoms with E-state index in [1.54, 1.807) is 4.90 Å². The number of furan rings is 1. The number of anilines is 1. The second kappa shape index (κ2) is 7.58. The normalized spacial score (nSPS) is 15.3. The lowest BCUT2D eigenvalue weighted by molar-refractivity contribution is -0.906. The molecule has 0 saturated carbocycles. The van der Waals surface area contributed by atoms with E-state index in [2.05, 4.69) is 5.32 Å². The Morgan fingerprint density at radius 3 is 2.57 bits per heavy atom. The van der Waals surface area contributed by atoms with Gasteiger partial charge >= 0.3 is 0 Å². The molecular formula is C22H23N4O2+. The Morgan fingerprint density at radius 2 is 1.71 bits per heavy atom. The molecule has 1 aliphatic heterocycles. The molecule has 0 amide bonds. The van der Waals surface area contributed by atoms with Crippen molar-refractivity contribution in [1.29, 1.82) is 0 Å². The number of benzene rings is 2. The van der Waals surface area contributed by atoms with Gasteiger partial charge in [-0.1, -0.05) is 42.5 Å². The maximum atomic E-state index is 6.10. The number of nitrogens with zero attached hydrogens (tertiary/aromatic N) is 2. The van der Waals surface area contributed by atoms with E-state index in [9.17, 15) is 0 Å². The highest BCUT2D eigenvalue weighted by Gasteiger charge is 2.18. The highest BCUT2D eigenvalue weighted by Crippen LogP contribution is 2.32. The first kappa shape index (κ1) is 17.2. The maximum Gasteiger partial charge on any atom is 0.196 e. The summed E-state index contributed by atoms with van der Waals surface area (Å²) in [5.41, 5.74) is 3.40. The van der Waals surface area contributed by atoms with Crippen LogP contribution in [0, 0.1) is 0 Å². The van der Waals surface area contributed by atoms with E-state index in [0.717, 1.165) is 72.8 Å². The Morgan fingerprint density at radius 1 is 0.929 bits per heavy atom. The van der Waals surface area contributed by atoms with Crippen molar-refractivity contribution < 1.29 is 14.1 Å². The van der Waals surface area contributed by atoms with Gasteiger partial charge < -0.3 is 19.4 Å². The molecule has 1 saturated heterocycles. The van der Waals surface area contributed by atoms with E-state index < -0.39 is 0 Å². The minimum atomic E-state index is 0.709. The van der Waals surface area contributed by atoms with Crippen LogP contribution in [0.15, 0.2) is 59.0 Å². The van der Waals surface area contributed by atoms with E-state index in [-0.39, 0.29) is 0 Å². The van der Waals surface area contributed by atoms with Gasteiger partial charge in [-0.25, -0.2) is 9.97 Å². The number of quaternary nitrogens is 1. The third-order valence-electron chi connectivity index (χ3n) is 5.22. The molecule has 5 rings (SSSR count). The monoisotopic (exact) mass is 375 g/mol. The predicted octanol–water partition coefficient (Wildman–Crippen LogP) is 2.37. The number of nitrogens with one attached hydrogen (secondary N) is 2. The van der Waals surface area contributed by atoms with Crippen LogP contribution >= 0.6 is 0 Å². The van der Waals surface area contributed by atoms with E-state index in [1.165, 1.54) is 0 Å². The summed E-state index contributed by atoms with van der Waals surface area (Å²) >= 11 is 0. The summed E-state index contributed by atoms with van der Waals surface area (Å²) in [6, 6.07) is 18.1. The van der Waals surface area contributed by atoms with E-state index in [0.29, 0.717) is 5.82 Å². The lowest BCUT2D eigenvalue weighted by Crippen LogP contribution is -3.14. The average Bonchev–Trinajstić information content (AvgIpc) is 3.14. The third kappa shape index (κ3) is 3.32. The van der Waals surface area contributed by atoms with Gasteiger partial charge in [0.1, 0.15) is 24.2 Å². The van der Waals surface area contributed by atoms with Gasteiger partial charge in [0.05, 0.1) is 26.3 Å². The Hall–Kier alpha value is -2.96. The van der Waals surface area contributed by atoms with E-state index in [1.807, 2.05) is 54.6 Å². The van der Waals surface area contributed by atoms with Gasteiger partial charge in [-0.05, 0) is 12.1 Å². The van der Waals surface area contributed by atoms with Crippen molar-refractivity contribution in [2.75, 3.05) is 44.7 Å². The quantitative estimate of drug-likeness (QED) is 0.561. The second-order valence-electron chi connectivity index (χ2n) is 7.08. The molecule has 0 radical (unpaired) electrons. The Balaban J connectivity index is 1.52. The fraction of sp³-hybridized carbons (Fsp3) is 0.273. The molecule has 0 atom stereocenters. The molecule has 0 bridgehead atoms. The molecule has 3 heterocycles. The standard InChI is InChI=1S/C22H22N4O2/c1-2-6-16(7-3-1)21-24-19-17-8-4-5-9-18(17)28-20(19)22(25-21)23-10-11-26-12-14-27-15-13-26/h1-9H,10-15H2,(H,23,24,25)/p+1. The number of hydrogen-bond donors (Lipinski definition) is 2. The molecule has 0 aliphatic carbocycles. The molecule has 0 unspecified atom stereocenters. The molecule has 0 spiro atoms. The summed E-state index contributed by atoms with van der Waals surface area (Å²) in [6.07, 6.45) is 0. The molecule has 142 valence electrons. The fourth-order valence-electron chi connectivity index (χ4n) is 3.69. The van der Waals surface area contributed by atoms with Crippen molar-refractivity contribution >= 4 is 27.9 Å². The molecular weight excluding hydrogens is 352 g/mol. The number of ether oxygens (including phenoxy) is 1. The molecule has 1 fully saturated rings. The Labute approximate surface area is 163 Å². The minimum absolute atomic E-state index is 0.709. The zero-order valence-electron chi connectivity index (χ0n) is 15.6. The van der Waals surface area contributed by atoms with Crippen LogP contribution in [0.4, 0.5) is 5.82 Å². The predicted molar refractivity (Wildman–Crippen MR) is 110 cm³/mol. The van der Waals surface area contributed by atoms with Gasteiger partial charge in [0.15, 0.2) is 17.2 Å². The van der Waals surface area contributed by atoms with E-state index in [4.69, 9.17) is 19.1 Å². The van der Waals surface area contributed by atoms with Crippen LogP contribution in [0.25, 0.3) is 33.5 Å². The van der Waals surface area contributed by atoms with Gasteiger partial charge in [-0.2, -0.15) is 0 Å². The van der Waals surface area contributed by atoms with Crippen molar-refractivity contribution in [3.8, 4) is 11.4 Å². The molecule has 2 aromatic carbocycles. The summed E-state index contributed by atoms with van der Waals surface area (Å²) < 4.78 is 11.5. The smallest absolute Gasteiger partial charge is 0.196 e. The minimum Gasteiger partial charge on any atom is -0.450 e. The highest BCUT2D eigenvalue weighted by molar-refractivity contribution is 6.06. The van der Waals surface area contributed by atoms with Crippen molar-refractivity contribution in [2.24, 2.45) is 0 Å². The second-order valence-corrected chi connectivity index (χ2v) is 7.08. The van der Waals surface area contributed by atoms with Crippen molar-refractivity contribution in [3.63, 3.8) is 0 Å². The number of fused-ring (bicyclic) bond motifs is 3. The Kier molecular flexibility index (Phi) is 4.64. The van der Waals surface area contributed by atoms with Crippen molar-refractivity contribution in [3.05, 3.63) is 54.6 Å². The summed E-state index contributed by atoms with van der Waals surface area (Å²) in [7, 11) is 0. The first-order valence-corrected chi connectivity index (χ1v) is 9.78. The highest BCUT2D eigenvalue weighted by atomic mass is 16.5. The molecule has 1 aliphatic rings. The molecule has 6 nitrogen and oxygen atoms in total. The van der Waals surface area contributed by atoms with Gasteiger partial charge in [0.25, 0.3) is 0 Å². The zero-order valence-corrected chi connectivity index (χ0v) is 15.6. The summed E-state index contributed by atoms with van der Waals surface area (Å²) in [6.45, 7) is 5.65. The first-order valence-electron chi connectivity index (χ1n) is 9.78. The van der Waals surface area contributed by atoms with Crippen molar-refractivity contribution in [2.45, 2.75) is 0 Å². The maximum absolute atomic E-state index is 6.10. The molecule has 2 N–H and O–H groups in total. The topological polar surface area (TPSA) is 64.6 Å². The summed E-state index contributed by atoms with van der Waals surface area (Å²) in [5, 5.41) is 4.51. The van der Waals surface area contributed by atoms with Crippen LogP contribution in [0.1, 0.15) is 0 Å². The SMILES string of the molecule is c1ccc(-c2nc(NCC[NH+]3CCOCC3)c3oc4ccccc4c3n2)cc1. The van der Waals surface area contributed by atoms with Crippen molar-refractivity contribution in [1.82, 2.24) is 9.97 Å². The van der Waals surface area contributed by atoms with Crippen LogP contribution < -0.4 is 10.2 Å². The van der Waals surface area contributed by atoms with Crippen LogP contribution in [0.2, 0.25) is 0 Å². The van der Waals surface area contributed by atoms with Gasteiger partial charge in [-0.3, -0.25) is 0 Å². The van der Waals surface area contributed by atoms with E-state index >= 15 is 0 Å². The Bertz CT molecular complexity index is 1090. The van der Waals surface area contributed by atoms with Crippen LogP contribution in [-0.2, 0) is 4.74 Å². The first-order chi connectivity index (χ1) is 13.9. The lowest BCUT2D eigenvalue weighted by Gasteiger charge is -2.23. The van der Waals surface area contributed by atoms with Crippen LogP contribution in [0.3, 0.4) is 0 Å². The van der Waals surface area contributed by atoms with Gasteiger partial charge in [0.2, 0.25) is 0 Å². The zero-order chi connectivity index (χ0) is 18.8.